The van der Waals surface area contributed by atoms with Crippen LogP contribution in [-0.4, -0.2) is 66.8 Å². The van der Waals surface area contributed by atoms with E-state index in [-0.39, 0.29) is 6.10 Å². The molecule has 8 heteroatoms. The lowest BCUT2D eigenvalue weighted by Crippen LogP contribution is -2.34. The summed E-state index contributed by atoms with van der Waals surface area (Å²) in [6.07, 6.45) is 3.52. The van der Waals surface area contributed by atoms with Crippen LogP contribution >= 0.6 is 0 Å². The lowest BCUT2D eigenvalue weighted by atomic mass is 10.0. The maximum absolute atomic E-state index is 5.95. The highest BCUT2D eigenvalue weighted by Gasteiger charge is 2.20. The van der Waals surface area contributed by atoms with Gasteiger partial charge in [-0.25, -0.2) is 9.97 Å². The standard InChI is InChI=1S/C27H30N6O2/c1-33(2)13-15-34-21-8-3-6-19(16-21)22-9-4-7-20-17-30-27(32-25(20)22)31-23-10-5-11-29-26(23)24-18-28-12-14-35-24/h3-11,16-17,24,28H,12-15,18H2,1-2H3,(H,30,31,32). The molecule has 1 unspecified atom stereocenters. The second-order valence-electron chi connectivity index (χ2n) is 8.74. The highest BCUT2D eigenvalue weighted by atomic mass is 16.5. The molecular weight excluding hydrogens is 440 g/mol. The third kappa shape index (κ3) is 5.57. The summed E-state index contributed by atoms with van der Waals surface area (Å²) in [5.74, 6) is 1.36. The molecular formula is C27H30N6O2. The van der Waals surface area contributed by atoms with Gasteiger partial charge in [0.15, 0.2) is 0 Å². The first-order valence-corrected chi connectivity index (χ1v) is 11.9. The van der Waals surface area contributed by atoms with Gasteiger partial charge < -0.3 is 25.0 Å². The van der Waals surface area contributed by atoms with Crippen molar-refractivity contribution in [3.05, 3.63) is 72.7 Å². The largest absolute Gasteiger partial charge is 0.492 e. The second-order valence-corrected chi connectivity index (χ2v) is 8.74. The molecule has 0 spiro atoms. The lowest BCUT2D eigenvalue weighted by Gasteiger charge is -2.24. The topological polar surface area (TPSA) is 84.4 Å². The van der Waals surface area contributed by atoms with E-state index in [1.807, 2.05) is 56.7 Å². The number of pyridine rings is 1. The van der Waals surface area contributed by atoms with Crippen LogP contribution in [0.3, 0.4) is 0 Å². The van der Waals surface area contributed by atoms with Gasteiger partial charge in [0.25, 0.3) is 0 Å². The number of anilines is 2. The van der Waals surface area contributed by atoms with E-state index in [1.54, 1.807) is 6.20 Å². The number of benzene rings is 2. The molecule has 35 heavy (non-hydrogen) atoms. The average Bonchev–Trinajstić information content (AvgIpc) is 2.89. The number of rotatable bonds is 8. The molecule has 2 N–H and O–H groups in total. The molecule has 5 rings (SSSR count). The monoisotopic (exact) mass is 470 g/mol. The first-order chi connectivity index (χ1) is 17.2. The Labute approximate surface area is 205 Å². The van der Waals surface area contributed by atoms with Crippen LogP contribution < -0.4 is 15.4 Å². The minimum atomic E-state index is -0.112. The van der Waals surface area contributed by atoms with E-state index in [9.17, 15) is 0 Å². The van der Waals surface area contributed by atoms with E-state index in [4.69, 9.17) is 14.5 Å². The van der Waals surface area contributed by atoms with E-state index < -0.39 is 0 Å². The first kappa shape index (κ1) is 23.2. The zero-order chi connectivity index (χ0) is 24.0. The molecule has 0 saturated carbocycles. The van der Waals surface area contributed by atoms with Crippen molar-refractivity contribution in [2.75, 3.05) is 52.3 Å². The number of nitrogens with one attached hydrogen (secondary N) is 2. The van der Waals surface area contributed by atoms with Gasteiger partial charge in [-0.1, -0.05) is 30.3 Å². The van der Waals surface area contributed by atoms with Crippen molar-refractivity contribution in [1.29, 1.82) is 0 Å². The summed E-state index contributed by atoms with van der Waals surface area (Å²) in [5.41, 5.74) is 4.63. The summed E-state index contributed by atoms with van der Waals surface area (Å²) >= 11 is 0. The van der Waals surface area contributed by atoms with E-state index in [0.717, 1.165) is 58.8 Å². The van der Waals surface area contributed by atoms with Gasteiger partial charge in [0, 0.05) is 43.0 Å². The summed E-state index contributed by atoms with van der Waals surface area (Å²) in [4.78, 5) is 16.1. The van der Waals surface area contributed by atoms with Crippen molar-refractivity contribution in [3.63, 3.8) is 0 Å². The molecule has 1 saturated heterocycles. The van der Waals surface area contributed by atoms with Crippen LogP contribution in [0, 0.1) is 0 Å². The summed E-state index contributed by atoms with van der Waals surface area (Å²) in [6.45, 7) is 3.73. The van der Waals surface area contributed by atoms with Crippen molar-refractivity contribution in [2.45, 2.75) is 6.10 Å². The Morgan fingerprint density at radius 3 is 2.89 bits per heavy atom. The number of para-hydroxylation sites is 1. The molecule has 1 atom stereocenters. The van der Waals surface area contributed by atoms with Crippen LogP contribution in [0.5, 0.6) is 5.75 Å². The van der Waals surface area contributed by atoms with Crippen molar-refractivity contribution in [1.82, 2.24) is 25.2 Å². The molecule has 0 amide bonds. The number of fused-ring (bicyclic) bond motifs is 1. The molecule has 0 radical (unpaired) electrons. The summed E-state index contributed by atoms with van der Waals surface area (Å²) in [6, 6.07) is 18.1. The molecule has 3 heterocycles. The number of nitrogens with zero attached hydrogens (tertiary/aromatic N) is 4. The Bertz CT molecular complexity index is 1290. The number of morpholine rings is 1. The van der Waals surface area contributed by atoms with Gasteiger partial charge in [-0.05, 0) is 43.9 Å². The smallest absolute Gasteiger partial charge is 0.227 e. The third-order valence-corrected chi connectivity index (χ3v) is 5.88. The van der Waals surface area contributed by atoms with Crippen LogP contribution in [0.25, 0.3) is 22.0 Å². The number of hydrogen-bond donors (Lipinski definition) is 2. The van der Waals surface area contributed by atoms with Crippen LogP contribution in [0.15, 0.2) is 67.0 Å². The number of likely N-dealkylation sites (N-methyl/N-ethyl adjacent to an activating group) is 1. The quantitative estimate of drug-likeness (QED) is 0.399. The SMILES string of the molecule is CN(C)CCOc1cccc(-c2cccc3cnc(Nc4cccnc4C4CNCCO4)nc23)c1. The molecule has 1 aliphatic heterocycles. The van der Waals surface area contributed by atoms with Gasteiger partial charge >= 0.3 is 0 Å². The van der Waals surface area contributed by atoms with Crippen LogP contribution in [0.1, 0.15) is 11.8 Å². The van der Waals surface area contributed by atoms with Crippen molar-refractivity contribution >= 4 is 22.5 Å². The first-order valence-electron chi connectivity index (χ1n) is 11.9. The highest BCUT2D eigenvalue weighted by molar-refractivity contribution is 5.94. The molecule has 2 aromatic carbocycles. The Balaban J connectivity index is 1.44. The number of ether oxygens (including phenoxy) is 2. The van der Waals surface area contributed by atoms with Crippen molar-refractivity contribution < 1.29 is 9.47 Å². The van der Waals surface area contributed by atoms with Gasteiger partial charge in [-0.3, -0.25) is 4.98 Å². The van der Waals surface area contributed by atoms with E-state index in [1.165, 1.54) is 0 Å². The van der Waals surface area contributed by atoms with E-state index >= 15 is 0 Å². The van der Waals surface area contributed by atoms with Crippen LogP contribution in [0.4, 0.5) is 11.6 Å². The lowest BCUT2D eigenvalue weighted by molar-refractivity contribution is 0.0255. The van der Waals surface area contributed by atoms with Gasteiger partial charge in [0.1, 0.15) is 18.5 Å². The fourth-order valence-corrected chi connectivity index (χ4v) is 4.09. The molecule has 8 nitrogen and oxygen atoms in total. The molecule has 4 aromatic rings. The van der Waals surface area contributed by atoms with Crippen LogP contribution in [-0.2, 0) is 4.74 Å². The highest BCUT2D eigenvalue weighted by Crippen LogP contribution is 2.31. The summed E-state index contributed by atoms with van der Waals surface area (Å²) in [5, 5.41) is 7.70. The molecule has 2 aromatic heterocycles. The fourth-order valence-electron chi connectivity index (χ4n) is 4.09. The Kier molecular flexibility index (Phi) is 7.13. The minimum Gasteiger partial charge on any atom is -0.492 e. The fraction of sp³-hybridized carbons (Fsp3) is 0.296. The zero-order valence-corrected chi connectivity index (χ0v) is 20.1. The van der Waals surface area contributed by atoms with Gasteiger partial charge in [0.05, 0.1) is 23.5 Å². The minimum absolute atomic E-state index is 0.112. The van der Waals surface area contributed by atoms with Gasteiger partial charge in [-0.15, -0.1) is 0 Å². The molecule has 1 fully saturated rings. The summed E-state index contributed by atoms with van der Waals surface area (Å²) < 4.78 is 11.9. The Hall–Kier alpha value is -3.59. The second kappa shape index (κ2) is 10.8. The molecule has 0 bridgehead atoms. The maximum atomic E-state index is 5.95. The number of hydrogen-bond acceptors (Lipinski definition) is 8. The maximum Gasteiger partial charge on any atom is 0.227 e. The van der Waals surface area contributed by atoms with Crippen molar-refractivity contribution in [3.8, 4) is 16.9 Å². The molecule has 0 aliphatic carbocycles. The van der Waals surface area contributed by atoms with E-state index in [2.05, 4.69) is 43.7 Å². The van der Waals surface area contributed by atoms with Crippen LogP contribution in [0.2, 0.25) is 0 Å². The number of aromatic nitrogens is 3. The third-order valence-electron chi connectivity index (χ3n) is 5.88. The normalized spacial score (nSPS) is 15.9. The van der Waals surface area contributed by atoms with Gasteiger partial charge in [0.2, 0.25) is 5.95 Å². The predicted molar refractivity (Wildman–Crippen MR) is 138 cm³/mol. The van der Waals surface area contributed by atoms with Gasteiger partial charge in [-0.2, -0.15) is 0 Å². The average molecular weight is 471 g/mol. The Morgan fingerprint density at radius 1 is 1.11 bits per heavy atom. The molecule has 180 valence electrons. The van der Waals surface area contributed by atoms with E-state index in [0.29, 0.717) is 19.2 Å². The predicted octanol–water partition coefficient (Wildman–Crippen LogP) is 4.04. The van der Waals surface area contributed by atoms with Crippen molar-refractivity contribution in [2.24, 2.45) is 0 Å². The summed E-state index contributed by atoms with van der Waals surface area (Å²) in [7, 11) is 4.07. The molecule has 1 aliphatic rings. The Morgan fingerprint density at radius 2 is 2.03 bits per heavy atom. The zero-order valence-electron chi connectivity index (χ0n) is 20.1.